The van der Waals surface area contributed by atoms with Crippen molar-refractivity contribution in [3.8, 4) is 6.07 Å². The lowest BCUT2D eigenvalue weighted by Gasteiger charge is -2.01. The molecule has 1 N–H and O–H groups in total. The van der Waals surface area contributed by atoms with Crippen LogP contribution in [0.3, 0.4) is 0 Å². The van der Waals surface area contributed by atoms with Crippen LogP contribution in [0.4, 0.5) is 5.13 Å². The molecule has 0 unspecified atom stereocenters. The molecule has 1 aromatic carbocycles. The standard InChI is InChI=1S/C12H12N4S/c1-2-11-15-16-12(17-11)14-8-10-5-3-9(7-13)4-6-10/h3-6H,2,8H2,1H3,(H,14,16). The monoisotopic (exact) mass is 244 g/mol. The number of nitriles is 1. The average Bonchev–Trinajstić information content (AvgIpc) is 2.85. The lowest BCUT2D eigenvalue weighted by Crippen LogP contribution is -1.98. The normalized spacial score (nSPS) is 9.88. The number of rotatable bonds is 4. The zero-order valence-corrected chi connectivity index (χ0v) is 10.3. The van der Waals surface area contributed by atoms with Crippen LogP contribution in [0.15, 0.2) is 24.3 Å². The van der Waals surface area contributed by atoms with Crippen LogP contribution in [0, 0.1) is 11.3 Å². The van der Waals surface area contributed by atoms with Gasteiger partial charge < -0.3 is 5.32 Å². The first-order valence-corrected chi connectivity index (χ1v) is 6.18. The van der Waals surface area contributed by atoms with Crippen molar-refractivity contribution in [3.05, 3.63) is 40.4 Å². The van der Waals surface area contributed by atoms with Gasteiger partial charge in [-0.05, 0) is 24.1 Å². The summed E-state index contributed by atoms with van der Waals surface area (Å²) in [7, 11) is 0. The highest BCUT2D eigenvalue weighted by atomic mass is 32.1. The van der Waals surface area contributed by atoms with Crippen molar-refractivity contribution in [3.63, 3.8) is 0 Å². The van der Waals surface area contributed by atoms with Crippen molar-refractivity contribution in [2.24, 2.45) is 0 Å². The third-order valence-corrected chi connectivity index (χ3v) is 3.32. The Hall–Kier alpha value is -1.93. The summed E-state index contributed by atoms with van der Waals surface area (Å²) in [5, 5.41) is 21.9. The highest BCUT2D eigenvalue weighted by Crippen LogP contribution is 2.16. The van der Waals surface area contributed by atoms with Gasteiger partial charge in [0.25, 0.3) is 0 Å². The van der Waals surface area contributed by atoms with Gasteiger partial charge in [-0.25, -0.2) is 0 Å². The number of benzene rings is 1. The van der Waals surface area contributed by atoms with Crippen LogP contribution in [0.5, 0.6) is 0 Å². The fourth-order valence-electron chi connectivity index (χ4n) is 1.34. The van der Waals surface area contributed by atoms with E-state index in [1.807, 2.05) is 24.3 Å². The van der Waals surface area contributed by atoms with Crippen LogP contribution in [-0.4, -0.2) is 10.2 Å². The molecule has 86 valence electrons. The number of aryl methyl sites for hydroxylation is 1. The maximum absolute atomic E-state index is 8.68. The molecule has 17 heavy (non-hydrogen) atoms. The summed E-state index contributed by atoms with van der Waals surface area (Å²) >= 11 is 1.57. The van der Waals surface area contributed by atoms with Crippen molar-refractivity contribution in [2.45, 2.75) is 19.9 Å². The minimum Gasteiger partial charge on any atom is -0.356 e. The van der Waals surface area contributed by atoms with Gasteiger partial charge in [0.1, 0.15) is 5.01 Å². The Morgan fingerprint density at radius 3 is 2.65 bits per heavy atom. The van der Waals surface area contributed by atoms with Crippen LogP contribution in [0.1, 0.15) is 23.1 Å². The first kappa shape index (κ1) is 11.6. The topological polar surface area (TPSA) is 61.6 Å². The number of nitrogens with one attached hydrogen (secondary N) is 1. The molecule has 0 aliphatic rings. The van der Waals surface area contributed by atoms with E-state index in [0.717, 1.165) is 22.1 Å². The van der Waals surface area contributed by atoms with Crippen molar-refractivity contribution >= 4 is 16.5 Å². The van der Waals surface area contributed by atoms with Crippen molar-refractivity contribution < 1.29 is 0 Å². The van der Waals surface area contributed by atoms with Crippen molar-refractivity contribution in [2.75, 3.05) is 5.32 Å². The molecule has 5 heteroatoms. The van der Waals surface area contributed by atoms with Crippen LogP contribution < -0.4 is 5.32 Å². The molecule has 2 rings (SSSR count). The van der Waals surface area contributed by atoms with E-state index in [1.54, 1.807) is 11.3 Å². The second-order valence-electron chi connectivity index (χ2n) is 3.52. The number of hydrogen-bond acceptors (Lipinski definition) is 5. The van der Waals surface area contributed by atoms with Crippen LogP contribution >= 0.6 is 11.3 Å². The van der Waals surface area contributed by atoms with Gasteiger partial charge in [-0.1, -0.05) is 30.4 Å². The van der Waals surface area contributed by atoms with Gasteiger partial charge in [0.2, 0.25) is 5.13 Å². The fraction of sp³-hybridized carbons (Fsp3) is 0.250. The Kier molecular flexibility index (Phi) is 3.68. The first-order chi connectivity index (χ1) is 8.31. The second-order valence-corrected chi connectivity index (χ2v) is 4.58. The molecule has 0 aliphatic heterocycles. The molecule has 2 aromatic rings. The lowest BCUT2D eigenvalue weighted by atomic mass is 10.1. The Balaban J connectivity index is 1.95. The highest BCUT2D eigenvalue weighted by Gasteiger charge is 2.01. The quantitative estimate of drug-likeness (QED) is 0.898. The summed E-state index contributed by atoms with van der Waals surface area (Å²) in [5.74, 6) is 0. The van der Waals surface area contributed by atoms with Gasteiger partial charge in [0.05, 0.1) is 11.6 Å². The Morgan fingerprint density at radius 2 is 2.06 bits per heavy atom. The average molecular weight is 244 g/mol. The summed E-state index contributed by atoms with van der Waals surface area (Å²) in [6.07, 6.45) is 0.913. The predicted octanol–water partition coefficient (Wildman–Crippen LogP) is 2.58. The van der Waals surface area contributed by atoms with Crippen LogP contribution in [-0.2, 0) is 13.0 Å². The van der Waals surface area contributed by atoms with Gasteiger partial charge in [-0.2, -0.15) is 5.26 Å². The molecule has 0 bridgehead atoms. The zero-order chi connectivity index (χ0) is 12.1. The van der Waals surface area contributed by atoms with E-state index in [9.17, 15) is 0 Å². The lowest BCUT2D eigenvalue weighted by molar-refractivity contribution is 0.975. The molecule has 1 heterocycles. The summed E-state index contributed by atoms with van der Waals surface area (Å²) in [5.41, 5.74) is 1.80. The van der Waals surface area contributed by atoms with Gasteiger partial charge >= 0.3 is 0 Å². The molecule has 0 saturated carbocycles. The number of hydrogen-bond donors (Lipinski definition) is 1. The van der Waals surface area contributed by atoms with Crippen molar-refractivity contribution in [1.82, 2.24) is 10.2 Å². The Labute approximate surface area is 104 Å². The SMILES string of the molecule is CCc1nnc(NCc2ccc(C#N)cc2)s1. The van der Waals surface area contributed by atoms with Gasteiger partial charge in [-0.3, -0.25) is 0 Å². The van der Waals surface area contributed by atoms with E-state index in [-0.39, 0.29) is 0 Å². The molecule has 0 radical (unpaired) electrons. The highest BCUT2D eigenvalue weighted by molar-refractivity contribution is 7.15. The predicted molar refractivity (Wildman–Crippen MR) is 67.8 cm³/mol. The van der Waals surface area contributed by atoms with Gasteiger partial charge in [0, 0.05) is 6.54 Å². The van der Waals surface area contributed by atoms with E-state index in [4.69, 9.17) is 5.26 Å². The molecule has 0 saturated heterocycles. The van der Waals surface area contributed by atoms with E-state index in [2.05, 4.69) is 28.5 Å². The van der Waals surface area contributed by atoms with E-state index < -0.39 is 0 Å². The number of anilines is 1. The molecular weight excluding hydrogens is 232 g/mol. The van der Waals surface area contributed by atoms with Crippen molar-refractivity contribution in [1.29, 1.82) is 5.26 Å². The summed E-state index contributed by atoms with van der Waals surface area (Å²) in [4.78, 5) is 0. The maximum atomic E-state index is 8.68. The van der Waals surface area contributed by atoms with Gasteiger partial charge in [0.15, 0.2) is 0 Å². The second kappa shape index (κ2) is 5.41. The number of aromatic nitrogens is 2. The van der Waals surface area contributed by atoms with Gasteiger partial charge in [-0.15, -0.1) is 10.2 Å². The van der Waals surface area contributed by atoms with E-state index in [0.29, 0.717) is 12.1 Å². The zero-order valence-electron chi connectivity index (χ0n) is 9.47. The first-order valence-electron chi connectivity index (χ1n) is 5.37. The molecule has 0 atom stereocenters. The summed E-state index contributed by atoms with van der Waals surface area (Å²) in [6, 6.07) is 9.60. The fourth-order valence-corrected chi connectivity index (χ4v) is 2.02. The number of nitrogens with zero attached hydrogens (tertiary/aromatic N) is 3. The van der Waals surface area contributed by atoms with E-state index >= 15 is 0 Å². The third kappa shape index (κ3) is 3.02. The molecule has 0 aliphatic carbocycles. The largest absolute Gasteiger partial charge is 0.356 e. The van der Waals surface area contributed by atoms with E-state index in [1.165, 1.54) is 0 Å². The molecular formula is C12H12N4S. The minimum absolute atomic E-state index is 0.679. The molecule has 0 fully saturated rings. The van der Waals surface area contributed by atoms with Crippen LogP contribution in [0.25, 0.3) is 0 Å². The Bertz CT molecular complexity index is 524. The molecule has 0 spiro atoms. The minimum atomic E-state index is 0.679. The molecule has 0 amide bonds. The molecule has 4 nitrogen and oxygen atoms in total. The van der Waals surface area contributed by atoms with Crippen LogP contribution in [0.2, 0.25) is 0 Å². The molecule has 1 aromatic heterocycles. The summed E-state index contributed by atoms with van der Waals surface area (Å²) < 4.78 is 0. The summed E-state index contributed by atoms with van der Waals surface area (Å²) in [6.45, 7) is 2.76. The smallest absolute Gasteiger partial charge is 0.205 e. The Morgan fingerprint density at radius 1 is 1.29 bits per heavy atom. The third-order valence-electron chi connectivity index (χ3n) is 2.30. The maximum Gasteiger partial charge on any atom is 0.205 e.